The summed E-state index contributed by atoms with van der Waals surface area (Å²) in [5.74, 6) is 0.733. The molecule has 0 aliphatic carbocycles. The number of hydrogen-bond acceptors (Lipinski definition) is 7. The summed E-state index contributed by atoms with van der Waals surface area (Å²) in [6.45, 7) is 2.05. The molecule has 41 heavy (non-hydrogen) atoms. The summed E-state index contributed by atoms with van der Waals surface area (Å²) in [7, 11) is 0. The van der Waals surface area contributed by atoms with Crippen molar-refractivity contribution in [1.29, 1.82) is 0 Å². The van der Waals surface area contributed by atoms with E-state index >= 15 is 0 Å². The van der Waals surface area contributed by atoms with E-state index in [1.54, 1.807) is 11.3 Å². The lowest BCUT2D eigenvalue weighted by molar-refractivity contribution is -0.119. The van der Waals surface area contributed by atoms with Crippen molar-refractivity contribution in [3.8, 4) is 0 Å². The van der Waals surface area contributed by atoms with Crippen LogP contribution < -0.4 is 11.1 Å². The Morgan fingerprint density at radius 2 is 1.63 bits per heavy atom. The van der Waals surface area contributed by atoms with Crippen LogP contribution in [0.4, 0.5) is 5.82 Å². The van der Waals surface area contributed by atoms with Gasteiger partial charge in [-0.1, -0.05) is 103 Å². The zero-order chi connectivity index (χ0) is 28.2. The lowest BCUT2D eigenvalue weighted by Crippen LogP contribution is -2.34. The van der Waals surface area contributed by atoms with Crippen LogP contribution in [0.15, 0.2) is 96.2 Å². The molecule has 1 aliphatic rings. The lowest BCUT2D eigenvalue weighted by atomic mass is 9.98. The van der Waals surface area contributed by atoms with Crippen molar-refractivity contribution >= 4 is 56.8 Å². The fourth-order valence-electron chi connectivity index (χ4n) is 5.29. The molecule has 5 nitrogen and oxygen atoms in total. The molecule has 1 aliphatic heterocycles. The predicted molar refractivity (Wildman–Crippen MR) is 174 cm³/mol. The number of aromatic nitrogens is 2. The Hall–Kier alpha value is -3.33. The maximum absolute atomic E-state index is 12.7. The smallest absolute Gasteiger partial charge is 0.230 e. The lowest BCUT2D eigenvalue weighted by Gasteiger charge is -2.30. The van der Waals surface area contributed by atoms with Gasteiger partial charge in [0.05, 0.1) is 16.4 Å². The van der Waals surface area contributed by atoms with Crippen molar-refractivity contribution in [2.75, 3.05) is 11.5 Å². The third-order valence-corrected chi connectivity index (χ3v) is 11.1. The zero-order valence-electron chi connectivity index (χ0n) is 22.8. The molecule has 0 saturated heterocycles. The number of nitrogens with one attached hydrogen (secondary N) is 1. The van der Waals surface area contributed by atoms with Gasteiger partial charge < -0.3 is 11.1 Å². The topological polar surface area (TPSA) is 80.9 Å². The third kappa shape index (κ3) is 6.45. The maximum Gasteiger partial charge on any atom is 0.230 e. The first-order valence-electron chi connectivity index (χ1n) is 13.9. The van der Waals surface area contributed by atoms with Crippen LogP contribution in [0.5, 0.6) is 0 Å². The fraction of sp³-hybridized carbons (Fsp3) is 0.242. The van der Waals surface area contributed by atoms with E-state index < -0.39 is 0 Å². The van der Waals surface area contributed by atoms with Crippen molar-refractivity contribution in [3.63, 3.8) is 0 Å². The van der Waals surface area contributed by atoms with Gasteiger partial charge in [-0.15, -0.1) is 23.1 Å². The highest BCUT2D eigenvalue weighted by molar-refractivity contribution is 8.00. The summed E-state index contributed by atoms with van der Waals surface area (Å²) < 4.78 is 0. The van der Waals surface area contributed by atoms with Gasteiger partial charge in [0.25, 0.3) is 0 Å². The SMILES string of the molecule is C[C@H](CCc1ccccc1)NC(=O)CSc1nc(N)c2c3c(sc2n1)[C@H](c1ccccc1)S[C@H](c1ccccc1)C3. The molecule has 208 valence electrons. The van der Waals surface area contributed by atoms with E-state index in [1.165, 1.54) is 38.9 Å². The quantitative estimate of drug-likeness (QED) is 0.135. The van der Waals surface area contributed by atoms with Crippen LogP contribution in [0.2, 0.25) is 0 Å². The van der Waals surface area contributed by atoms with Gasteiger partial charge in [0.2, 0.25) is 5.91 Å². The van der Waals surface area contributed by atoms with Gasteiger partial charge in [-0.05, 0) is 48.4 Å². The number of carbonyl (C=O) groups excluding carboxylic acids is 1. The molecule has 3 aromatic carbocycles. The number of benzene rings is 3. The highest BCUT2D eigenvalue weighted by Crippen LogP contribution is 2.55. The number of thioether (sulfide) groups is 2. The van der Waals surface area contributed by atoms with E-state index in [-0.39, 0.29) is 23.0 Å². The third-order valence-electron chi connectivity index (χ3n) is 7.34. The Kier molecular flexibility index (Phi) is 8.60. The van der Waals surface area contributed by atoms with Gasteiger partial charge in [-0.3, -0.25) is 4.79 Å². The molecule has 2 aromatic heterocycles. The van der Waals surface area contributed by atoms with Crippen LogP contribution in [-0.2, 0) is 17.6 Å². The molecular formula is C33H32N4OS3. The Labute approximate surface area is 253 Å². The van der Waals surface area contributed by atoms with Crippen molar-refractivity contribution in [1.82, 2.24) is 15.3 Å². The second-order valence-corrected chi connectivity index (χ2v) is 13.6. The Morgan fingerprint density at radius 1 is 0.976 bits per heavy atom. The highest BCUT2D eigenvalue weighted by Gasteiger charge is 2.34. The van der Waals surface area contributed by atoms with Gasteiger partial charge in [0.1, 0.15) is 10.6 Å². The summed E-state index contributed by atoms with van der Waals surface area (Å²) in [4.78, 5) is 24.4. The van der Waals surface area contributed by atoms with E-state index in [4.69, 9.17) is 10.7 Å². The largest absolute Gasteiger partial charge is 0.383 e. The number of thiophene rings is 1. The maximum atomic E-state index is 12.7. The summed E-state index contributed by atoms with van der Waals surface area (Å²) in [6.07, 6.45) is 2.71. The van der Waals surface area contributed by atoms with E-state index in [0.717, 1.165) is 29.5 Å². The minimum atomic E-state index is -0.0189. The molecule has 5 aromatic rings. The number of anilines is 1. The molecule has 3 N–H and O–H groups in total. The van der Waals surface area contributed by atoms with Gasteiger partial charge >= 0.3 is 0 Å². The fourth-order valence-corrected chi connectivity index (χ4v) is 9.03. The minimum Gasteiger partial charge on any atom is -0.383 e. The molecule has 0 radical (unpaired) electrons. The summed E-state index contributed by atoms with van der Waals surface area (Å²) in [5, 5.41) is 5.13. The van der Waals surface area contributed by atoms with Crippen molar-refractivity contribution in [2.24, 2.45) is 0 Å². The van der Waals surface area contributed by atoms with E-state index in [0.29, 0.717) is 16.2 Å². The number of aryl methyl sites for hydroxylation is 1. The Morgan fingerprint density at radius 3 is 2.34 bits per heavy atom. The number of nitrogens with two attached hydrogens (primary N) is 1. The first-order chi connectivity index (χ1) is 20.0. The molecule has 0 bridgehead atoms. The minimum absolute atomic E-state index is 0.0189. The number of nitrogen functional groups attached to an aromatic ring is 1. The second-order valence-electron chi connectivity index (χ2n) is 10.3. The van der Waals surface area contributed by atoms with Crippen LogP contribution in [-0.4, -0.2) is 27.7 Å². The van der Waals surface area contributed by atoms with Crippen LogP contribution >= 0.6 is 34.9 Å². The summed E-state index contributed by atoms with van der Waals surface area (Å²) >= 11 is 5.04. The average molecular weight is 597 g/mol. The number of fused-ring (bicyclic) bond motifs is 3. The number of nitrogens with zero attached hydrogens (tertiary/aromatic N) is 2. The van der Waals surface area contributed by atoms with Crippen LogP contribution in [0.1, 0.15) is 51.0 Å². The standard InChI is InChI=1S/C33H32N4OS3/c1-21(17-18-22-11-5-2-6-12-22)35-27(38)20-39-33-36-31(34)28-25-19-26(23-13-7-3-8-14-23)40-29(24-15-9-4-10-16-24)30(25)41-32(28)37-33/h2-16,21,26,29H,17-20H2,1H3,(H,35,38)(H2,34,36,37)/t21-,26+,29+/m1/s1. The molecule has 1 amide bonds. The molecule has 3 atom stereocenters. The van der Waals surface area contributed by atoms with E-state index in [2.05, 4.69) is 83.1 Å². The molecule has 6 rings (SSSR count). The van der Waals surface area contributed by atoms with E-state index in [1.807, 2.05) is 36.9 Å². The normalized spacial score (nSPS) is 17.2. The number of hydrogen-bond donors (Lipinski definition) is 2. The van der Waals surface area contributed by atoms with E-state index in [9.17, 15) is 4.79 Å². The number of amides is 1. The van der Waals surface area contributed by atoms with Crippen molar-refractivity contribution < 1.29 is 4.79 Å². The molecular weight excluding hydrogens is 565 g/mol. The molecule has 0 fully saturated rings. The average Bonchev–Trinajstić information content (AvgIpc) is 3.39. The Balaban J connectivity index is 1.20. The molecule has 3 heterocycles. The van der Waals surface area contributed by atoms with Crippen molar-refractivity contribution in [3.05, 3.63) is 118 Å². The molecule has 0 unspecified atom stereocenters. The molecule has 0 spiro atoms. The first-order valence-corrected chi connectivity index (χ1v) is 16.6. The zero-order valence-corrected chi connectivity index (χ0v) is 25.3. The second kappa shape index (κ2) is 12.7. The molecule has 8 heteroatoms. The van der Waals surface area contributed by atoms with Gasteiger partial charge in [-0.2, -0.15) is 0 Å². The first kappa shape index (κ1) is 27.8. The predicted octanol–water partition coefficient (Wildman–Crippen LogP) is 7.62. The Bertz CT molecular complexity index is 1630. The number of carbonyl (C=O) groups is 1. The van der Waals surface area contributed by atoms with Gasteiger partial charge in [0.15, 0.2) is 5.16 Å². The van der Waals surface area contributed by atoms with Gasteiger partial charge in [0, 0.05) is 16.2 Å². The van der Waals surface area contributed by atoms with Gasteiger partial charge in [-0.25, -0.2) is 9.97 Å². The van der Waals surface area contributed by atoms with Crippen LogP contribution in [0.3, 0.4) is 0 Å². The van der Waals surface area contributed by atoms with Crippen molar-refractivity contribution in [2.45, 2.75) is 47.9 Å². The number of rotatable bonds is 9. The highest BCUT2D eigenvalue weighted by atomic mass is 32.2. The monoisotopic (exact) mass is 596 g/mol. The summed E-state index contributed by atoms with van der Waals surface area (Å²) in [5.41, 5.74) is 11.7. The van der Waals surface area contributed by atoms with Crippen LogP contribution in [0.25, 0.3) is 10.2 Å². The summed E-state index contributed by atoms with van der Waals surface area (Å²) in [6, 6.07) is 31.8. The van der Waals surface area contributed by atoms with Crippen LogP contribution in [0, 0.1) is 0 Å². The molecule has 0 saturated carbocycles.